The topological polar surface area (TPSA) is 26.3 Å². The molecule has 0 saturated heterocycles. The highest BCUT2D eigenvalue weighted by Gasteiger charge is 2.76. The molecule has 0 aromatic rings. The summed E-state index contributed by atoms with van der Waals surface area (Å²) >= 11 is 0. The molecule has 4 fully saturated rings. The highest BCUT2D eigenvalue weighted by molar-refractivity contribution is 5.72. The Labute approximate surface area is 116 Å². The number of carbonyl (C=O) groups is 1. The smallest absolute Gasteiger partial charge is 0.308 e. The first-order chi connectivity index (χ1) is 8.88. The van der Waals surface area contributed by atoms with Crippen molar-refractivity contribution in [1.29, 1.82) is 0 Å². The van der Waals surface area contributed by atoms with Gasteiger partial charge in [0.1, 0.15) is 5.60 Å². The molecule has 0 aromatic carbocycles. The number of carbonyl (C=O) groups excluding carboxylic acids is 1. The van der Waals surface area contributed by atoms with Gasteiger partial charge in [-0.25, -0.2) is 0 Å². The van der Waals surface area contributed by atoms with Crippen LogP contribution in [0, 0.1) is 40.9 Å². The summed E-state index contributed by atoms with van der Waals surface area (Å²) in [6, 6.07) is 0. The molecule has 0 aliphatic heterocycles. The van der Waals surface area contributed by atoms with Crippen molar-refractivity contribution in [3.8, 4) is 0 Å². The lowest BCUT2D eigenvalue weighted by atomic mass is 9.52. The number of hydrogen-bond donors (Lipinski definition) is 0. The van der Waals surface area contributed by atoms with Gasteiger partial charge in [-0.1, -0.05) is 20.8 Å². The van der Waals surface area contributed by atoms with Crippen LogP contribution < -0.4 is 0 Å². The normalized spacial score (nSPS) is 57.2. The average molecular weight is 262 g/mol. The van der Waals surface area contributed by atoms with Gasteiger partial charge in [0, 0.05) is 5.92 Å². The number of ether oxygens (including phenoxy) is 1. The van der Waals surface area contributed by atoms with Gasteiger partial charge in [0.05, 0.1) is 5.92 Å². The Bertz CT molecular complexity index is 443. The second-order valence-electron chi connectivity index (χ2n) is 8.35. The van der Waals surface area contributed by atoms with Crippen molar-refractivity contribution in [3.63, 3.8) is 0 Å². The van der Waals surface area contributed by atoms with Gasteiger partial charge in [-0.15, -0.1) is 0 Å². The molecule has 4 saturated carbocycles. The SMILES string of the molecule is CC(C)C(=O)OC1(C)C2CC3CC4(C2)C(CC41)C3C. The molecule has 7 atom stereocenters. The minimum Gasteiger partial charge on any atom is -0.459 e. The van der Waals surface area contributed by atoms with Gasteiger partial charge in [0.25, 0.3) is 0 Å². The van der Waals surface area contributed by atoms with Crippen molar-refractivity contribution in [2.24, 2.45) is 40.9 Å². The van der Waals surface area contributed by atoms with Gasteiger partial charge in [0.2, 0.25) is 0 Å². The minimum atomic E-state index is -0.146. The molecule has 3 bridgehead atoms. The lowest BCUT2D eigenvalue weighted by Gasteiger charge is -2.54. The molecule has 4 aliphatic rings. The summed E-state index contributed by atoms with van der Waals surface area (Å²) in [5.41, 5.74) is 0.422. The van der Waals surface area contributed by atoms with Crippen LogP contribution >= 0.6 is 0 Å². The van der Waals surface area contributed by atoms with Gasteiger partial charge in [-0.05, 0) is 61.7 Å². The largest absolute Gasteiger partial charge is 0.459 e. The van der Waals surface area contributed by atoms with E-state index in [9.17, 15) is 4.79 Å². The number of hydrogen-bond acceptors (Lipinski definition) is 2. The van der Waals surface area contributed by atoms with Gasteiger partial charge in [0.15, 0.2) is 0 Å². The van der Waals surface area contributed by atoms with Crippen LogP contribution in [0.1, 0.15) is 53.4 Å². The fraction of sp³-hybridized carbons (Fsp3) is 0.941. The van der Waals surface area contributed by atoms with Gasteiger partial charge >= 0.3 is 5.97 Å². The Morgan fingerprint density at radius 1 is 1.26 bits per heavy atom. The summed E-state index contributed by atoms with van der Waals surface area (Å²) in [6.07, 6.45) is 5.38. The Morgan fingerprint density at radius 2 is 2.00 bits per heavy atom. The number of fused-ring (bicyclic) bond motifs is 2. The Hall–Kier alpha value is -0.530. The van der Waals surface area contributed by atoms with E-state index in [0.29, 0.717) is 17.3 Å². The molecule has 0 aromatic heterocycles. The van der Waals surface area contributed by atoms with Crippen LogP contribution in [0.5, 0.6) is 0 Å². The van der Waals surface area contributed by atoms with Crippen molar-refractivity contribution in [2.45, 2.75) is 59.0 Å². The van der Waals surface area contributed by atoms with E-state index in [1.54, 1.807) is 0 Å². The molecule has 19 heavy (non-hydrogen) atoms. The fourth-order valence-electron chi connectivity index (χ4n) is 6.45. The average Bonchev–Trinajstić information content (AvgIpc) is 2.55. The first kappa shape index (κ1) is 12.2. The summed E-state index contributed by atoms with van der Waals surface area (Å²) in [7, 11) is 0. The molecule has 1 spiro atoms. The predicted molar refractivity (Wildman–Crippen MR) is 73.4 cm³/mol. The third-order valence-electron chi connectivity index (χ3n) is 7.45. The maximum absolute atomic E-state index is 12.1. The molecular weight excluding hydrogens is 236 g/mol. The Kier molecular flexibility index (Phi) is 2.17. The van der Waals surface area contributed by atoms with Crippen LogP contribution in [0.3, 0.4) is 0 Å². The van der Waals surface area contributed by atoms with E-state index in [4.69, 9.17) is 4.74 Å². The zero-order valence-electron chi connectivity index (χ0n) is 12.6. The summed E-state index contributed by atoms with van der Waals surface area (Å²) < 4.78 is 6.07. The zero-order valence-corrected chi connectivity index (χ0v) is 12.6. The van der Waals surface area contributed by atoms with Crippen molar-refractivity contribution in [3.05, 3.63) is 0 Å². The minimum absolute atomic E-state index is 0.00163. The Morgan fingerprint density at radius 3 is 2.68 bits per heavy atom. The second-order valence-corrected chi connectivity index (χ2v) is 8.35. The molecule has 4 rings (SSSR count). The maximum Gasteiger partial charge on any atom is 0.308 e. The summed E-state index contributed by atoms with van der Waals surface area (Å²) in [5.74, 6) is 4.08. The standard InChI is InChI=1S/C17H26O2/c1-9(2)15(18)19-16(4)12-5-11-7-17(8-12)13(10(11)3)6-14(16)17/h9-14H,5-8H2,1-4H3. The predicted octanol–water partition coefficient (Wildman–Crippen LogP) is 3.65. The van der Waals surface area contributed by atoms with E-state index in [0.717, 1.165) is 17.8 Å². The summed E-state index contributed by atoms with van der Waals surface area (Å²) in [4.78, 5) is 12.1. The number of esters is 1. The van der Waals surface area contributed by atoms with Gasteiger partial charge in [-0.3, -0.25) is 4.79 Å². The summed E-state index contributed by atoms with van der Waals surface area (Å²) in [6.45, 7) is 8.61. The second kappa shape index (κ2) is 3.38. The summed E-state index contributed by atoms with van der Waals surface area (Å²) in [5, 5.41) is 0. The van der Waals surface area contributed by atoms with Crippen molar-refractivity contribution >= 4 is 5.97 Å². The third-order valence-corrected chi connectivity index (χ3v) is 7.45. The van der Waals surface area contributed by atoms with E-state index >= 15 is 0 Å². The highest BCUT2D eigenvalue weighted by Crippen LogP contribution is 2.80. The molecule has 4 aliphatic carbocycles. The van der Waals surface area contributed by atoms with Crippen LogP contribution in [0.4, 0.5) is 0 Å². The van der Waals surface area contributed by atoms with Crippen molar-refractivity contribution in [1.82, 2.24) is 0 Å². The number of rotatable bonds is 2. The quantitative estimate of drug-likeness (QED) is 0.710. The van der Waals surface area contributed by atoms with Crippen LogP contribution in [-0.4, -0.2) is 11.6 Å². The molecule has 7 unspecified atom stereocenters. The zero-order chi connectivity index (χ0) is 13.6. The molecule has 2 nitrogen and oxygen atoms in total. The molecule has 2 heteroatoms. The van der Waals surface area contributed by atoms with E-state index < -0.39 is 0 Å². The lowest BCUT2D eigenvalue weighted by Crippen LogP contribution is -2.54. The van der Waals surface area contributed by atoms with Crippen molar-refractivity contribution < 1.29 is 9.53 Å². The van der Waals surface area contributed by atoms with Crippen molar-refractivity contribution in [2.75, 3.05) is 0 Å². The van der Waals surface area contributed by atoms with E-state index in [1.807, 2.05) is 13.8 Å². The van der Waals surface area contributed by atoms with Crippen LogP contribution in [0.2, 0.25) is 0 Å². The fourth-order valence-corrected chi connectivity index (χ4v) is 6.45. The monoisotopic (exact) mass is 262 g/mol. The van der Waals surface area contributed by atoms with E-state index in [2.05, 4.69) is 13.8 Å². The molecule has 0 N–H and O–H groups in total. The molecular formula is C17H26O2. The maximum atomic E-state index is 12.1. The van der Waals surface area contributed by atoms with Gasteiger partial charge in [-0.2, -0.15) is 0 Å². The highest BCUT2D eigenvalue weighted by atomic mass is 16.6. The molecule has 0 amide bonds. The van der Waals surface area contributed by atoms with Crippen LogP contribution in [0.25, 0.3) is 0 Å². The third kappa shape index (κ3) is 1.22. The van der Waals surface area contributed by atoms with E-state index in [-0.39, 0.29) is 17.5 Å². The molecule has 106 valence electrons. The first-order valence-corrected chi connectivity index (χ1v) is 8.11. The first-order valence-electron chi connectivity index (χ1n) is 8.11. The van der Waals surface area contributed by atoms with E-state index in [1.165, 1.54) is 25.7 Å². The molecule has 0 heterocycles. The van der Waals surface area contributed by atoms with Crippen LogP contribution in [-0.2, 0) is 9.53 Å². The van der Waals surface area contributed by atoms with Gasteiger partial charge < -0.3 is 4.74 Å². The van der Waals surface area contributed by atoms with Crippen LogP contribution in [0.15, 0.2) is 0 Å². The molecule has 0 radical (unpaired) electrons. The lowest BCUT2D eigenvalue weighted by molar-refractivity contribution is -0.185. The Balaban J connectivity index is 1.66.